The molecule has 50 heavy (non-hydrogen) atoms. The van der Waals surface area contributed by atoms with Gasteiger partial charge in [0, 0.05) is 26.2 Å². The van der Waals surface area contributed by atoms with Gasteiger partial charge in [0.25, 0.3) is 0 Å². The fourth-order valence-electron chi connectivity index (χ4n) is 8.12. The van der Waals surface area contributed by atoms with Gasteiger partial charge in [0.2, 0.25) is 0 Å². The number of furan rings is 1. The molecule has 0 amide bonds. The minimum Gasteiger partial charge on any atom is -0.455 e. The minimum atomic E-state index is 0.943. The van der Waals surface area contributed by atoms with Crippen LogP contribution in [0.2, 0.25) is 0 Å². The van der Waals surface area contributed by atoms with Crippen LogP contribution in [0.15, 0.2) is 174 Å². The first-order valence-electron chi connectivity index (χ1n) is 17.1. The van der Waals surface area contributed by atoms with Crippen molar-refractivity contribution < 1.29 is 4.42 Å². The van der Waals surface area contributed by atoms with Gasteiger partial charge >= 0.3 is 0 Å². The van der Waals surface area contributed by atoms with Crippen molar-refractivity contribution in [2.75, 3.05) is 0 Å². The highest BCUT2D eigenvalue weighted by molar-refractivity contribution is 7.26. The van der Waals surface area contributed by atoms with Crippen molar-refractivity contribution in [1.82, 2.24) is 0 Å². The normalized spacial score (nSPS) is 12.0. The zero-order chi connectivity index (χ0) is 32.8. The number of hydrogen-bond donors (Lipinski definition) is 0. The topological polar surface area (TPSA) is 13.1 Å². The van der Waals surface area contributed by atoms with Gasteiger partial charge in [-0.15, -0.1) is 11.3 Å². The maximum Gasteiger partial charge on any atom is 0.153 e. The van der Waals surface area contributed by atoms with E-state index >= 15 is 0 Å². The van der Waals surface area contributed by atoms with Gasteiger partial charge in [-0.2, -0.15) is 0 Å². The lowest BCUT2D eigenvalue weighted by Gasteiger charge is -2.18. The molecule has 2 aromatic heterocycles. The Bertz CT molecular complexity index is 3070. The maximum absolute atomic E-state index is 6.40. The number of thiophene rings is 1. The molecule has 9 aromatic carbocycles. The number of hydrogen-bond acceptors (Lipinski definition) is 2. The summed E-state index contributed by atoms with van der Waals surface area (Å²) in [5, 5.41) is 12.5. The molecule has 0 saturated carbocycles. The Morgan fingerprint density at radius 2 is 0.900 bits per heavy atom. The highest BCUT2D eigenvalue weighted by atomic mass is 32.1. The summed E-state index contributed by atoms with van der Waals surface area (Å²) < 4.78 is 8.90. The van der Waals surface area contributed by atoms with E-state index in [-0.39, 0.29) is 0 Å². The number of benzene rings is 9. The molecule has 0 bridgehead atoms. The molecule has 11 rings (SSSR count). The molecule has 0 aliphatic carbocycles. The molecule has 0 radical (unpaired) electrons. The van der Waals surface area contributed by atoms with Gasteiger partial charge in [-0.3, -0.25) is 0 Å². The van der Waals surface area contributed by atoms with Crippen LogP contribution in [0.3, 0.4) is 0 Å². The lowest BCUT2D eigenvalue weighted by Crippen LogP contribution is -1.90. The van der Waals surface area contributed by atoms with E-state index in [1.54, 1.807) is 0 Å². The van der Waals surface area contributed by atoms with Crippen LogP contribution in [0.1, 0.15) is 0 Å². The summed E-state index contributed by atoms with van der Waals surface area (Å²) in [6, 6.07) is 62.0. The molecule has 0 fully saturated rings. The Hall–Kier alpha value is -6.22. The first-order valence-corrected chi connectivity index (χ1v) is 17.9. The van der Waals surface area contributed by atoms with E-state index in [0.29, 0.717) is 0 Å². The summed E-state index contributed by atoms with van der Waals surface area (Å²) in [7, 11) is 0. The third-order valence-electron chi connectivity index (χ3n) is 10.4. The van der Waals surface area contributed by atoms with Crippen molar-refractivity contribution in [3.63, 3.8) is 0 Å². The van der Waals surface area contributed by atoms with Gasteiger partial charge < -0.3 is 4.42 Å². The van der Waals surface area contributed by atoms with Crippen LogP contribution >= 0.6 is 11.3 Å². The standard InChI is InChI=1S/C48H28OS/c1-2-10-30(11-3-1)45-36-13-4-6-15-38(36)46(39-16-7-5-14-37(39)45)31-20-18-29(19-21-31)32-22-23-33-28-44-42(27-34(33)26-32)41-25-24-40-35-12-8-9-17-43(35)49-47(40)48(41)50-44/h1-28H. The van der Waals surface area contributed by atoms with Crippen LogP contribution in [0, 0.1) is 0 Å². The summed E-state index contributed by atoms with van der Waals surface area (Å²) in [6.45, 7) is 0. The smallest absolute Gasteiger partial charge is 0.153 e. The summed E-state index contributed by atoms with van der Waals surface area (Å²) in [5.41, 5.74) is 9.41. The van der Waals surface area contributed by atoms with E-state index in [1.807, 2.05) is 17.4 Å². The largest absolute Gasteiger partial charge is 0.455 e. The van der Waals surface area contributed by atoms with Crippen molar-refractivity contribution in [1.29, 1.82) is 0 Å². The van der Waals surface area contributed by atoms with Crippen molar-refractivity contribution in [3.05, 3.63) is 170 Å². The molecule has 1 nitrogen and oxygen atoms in total. The van der Waals surface area contributed by atoms with Crippen LogP contribution < -0.4 is 0 Å². The van der Waals surface area contributed by atoms with Crippen LogP contribution in [0.5, 0.6) is 0 Å². The van der Waals surface area contributed by atoms with Crippen LogP contribution in [-0.2, 0) is 0 Å². The Morgan fingerprint density at radius 3 is 1.60 bits per heavy atom. The molecule has 0 N–H and O–H groups in total. The Labute approximate surface area is 292 Å². The quantitative estimate of drug-likeness (QED) is 0.173. The number of fused-ring (bicyclic) bond motifs is 10. The Kier molecular flexibility index (Phi) is 5.89. The second-order valence-corrected chi connectivity index (χ2v) is 14.3. The average Bonchev–Trinajstić information content (AvgIpc) is 3.74. The highest BCUT2D eigenvalue weighted by Gasteiger charge is 2.17. The average molecular weight is 653 g/mol. The second-order valence-electron chi connectivity index (χ2n) is 13.2. The molecule has 0 atom stereocenters. The fraction of sp³-hybridized carbons (Fsp3) is 0. The molecule has 2 heteroatoms. The van der Waals surface area contributed by atoms with Gasteiger partial charge in [0.05, 0.1) is 4.70 Å². The monoisotopic (exact) mass is 652 g/mol. The van der Waals surface area contributed by atoms with Crippen molar-refractivity contribution in [2.24, 2.45) is 0 Å². The van der Waals surface area contributed by atoms with E-state index < -0.39 is 0 Å². The molecule has 0 aliphatic rings. The molecule has 0 spiro atoms. The lowest BCUT2D eigenvalue weighted by atomic mass is 9.85. The number of rotatable bonds is 3. The first-order chi connectivity index (χ1) is 24.8. The van der Waals surface area contributed by atoms with Crippen LogP contribution in [-0.4, -0.2) is 0 Å². The van der Waals surface area contributed by atoms with E-state index in [2.05, 4.69) is 164 Å². The third kappa shape index (κ3) is 4.06. The molecule has 0 aliphatic heterocycles. The molecule has 232 valence electrons. The molecule has 2 heterocycles. The second kappa shape index (κ2) is 10.6. The van der Waals surface area contributed by atoms with Gasteiger partial charge in [0.15, 0.2) is 5.58 Å². The highest BCUT2D eigenvalue weighted by Crippen LogP contribution is 2.45. The maximum atomic E-state index is 6.40. The first kappa shape index (κ1) is 27.7. The van der Waals surface area contributed by atoms with E-state index in [1.165, 1.54) is 96.6 Å². The van der Waals surface area contributed by atoms with E-state index in [4.69, 9.17) is 4.42 Å². The summed E-state index contributed by atoms with van der Waals surface area (Å²) in [4.78, 5) is 0. The minimum absolute atomic E-state index is 0.943. The zero-order valence-electron chi connectivity index (χ0n) is 27.0. The number of para-hydroxylation sites is 1. The molecular formula is C48H28OS. The summed E-state index contributed by atoms with van der Waals surface area (Å²) in [5.74, 6) is 0. The van der Waals surface area contributed by atoms with Gasteiger partial charge in [-0.05, 0) is 96.0 Å². The zero-order valence-corrected chi connectivity index (χ0v) is 27.8. The lowest BCUT2D eigenvalue weighted by molar-refractivity contribution is 0.673. The Balaban J connectivity index is 1.03. The summed E-state index contributed by atoms with van der Waals surface area (Å²) >= 11 is 1.83. The SMILES string of the molecule is c1ccc(-c2c3ccccc3c(-c3ccc(-c4ccc5cc6sc7c(ccc8c9ccccc9oc87)c6cc5c4)cc3)c3ccccc23)cc1. The van der Waals surface area contributed by atoms with Gasteiger partial charge in [0.1, 0.15) is 5.58 Å². The van der Waals surface area contributed by atoms with Crippen molar-refractivity contribution in [2.45, 2.75) is 0 Å². The molecule has 0 saturated heterocycles. The summed E-state index contributed by atoms with van der Waals surface area (Å²) in [6.07, 6.45) is 0. The molecule has 11 aromatic rings. The Morgan fingerprint density at radius 1 is 0.340 bits per heavy atom. The van der Waals surface area contributed by atoms with Crippen molar-refractivity contribution in [3.8, 4) is 33.4 Å². The molecule has 0 unspecified atom stereocenters. The van der Waals surface area contributed by atoms with E-state index in [9.17, 15) is 0 Å². The van der Waals surface area contributed by atoms with Crippen molar-refractivity contribution >= 4 is 85.8 Å². The van der Waals surface area contributed by atoms with Gasteiger partial charge in [-0.1, -0.05) is 140 Å². The van der Waals surface area contributed by atoms with Gasteiger partial charge in [-0.25, -0.2) is 0 Å². The predicted octanol–water partition coefficient (Wildman–Crippen LogP) is 14.4. The predicted molar refractivity (Wildman–Crippen MR) is 215 cm³/mol. The molecular weight excluding hydrogens is 625 g/mol. The van der Waals surface area contributed by atoms with Crippen LogP contribution in [0.4, 0.5) is 0 Å². The third-order valence-corrected chi connectivity index (χ3v) is 11.6. The fourth-order valence-corrected chi connectivity index (χ4v) is 9.34. The van der Waals surface area contributed by atoms with Crippen LogP contribution in [0.25, 0.3) is 108 Å². The van der Waals surface area contributed by atoms with E-state index in [0.717, 1.165) is 11.2 Å².